The van der Waals surface area contributed by atoms with E-state index in [0.717, 1.165) is 5.56 Å². The summed E-state index contributed by atoms with van der Waals surface area (Å²) < 4.78 is 5.58. The van der Waals surface area contributed by atoms with E-state index in [-0.39, 0.29) is 6.42 Å². The van der Waals surface area contributed by atoms with E-state index in [1.165, 1.54) is 12.8 Å². The van der Waals surface area contributed by atoms with Gasteiger partial charge in [0.15, 0.2) is 0 Å². The van der Waals surface area contributed by atoms with Gasteiger partial charge < -0.3 is 15.6 Å². The Morgan fingerprint density at radius 1 is 1.65 bits per heavy atom. The zero-order valence-corrected chi connectivity index (χ0v) is 9.50. The summed E-state index contributed by atoms with van der Waals surface area (Å²) in [6.07, 6.45) is 4.29. The van der Waals surface area contributed by atoms with Gasteiger partial charge in [-0.25, -0.2) is 4.98 Å². The Kier molecular flexibility index (Phi) is 3.58. The average Bonchev–Trinajstić information content (AvgIpc) is 3.11. The number of carboxylic acid groups (broad SMARTS) is 1. The second kappa shape index (κ2) is 5.14. The van der Waals surface area contributed by atoms with Crippen LogP contribution in [0.5, 0.6) is 5.88 Å². The van der Waals surface area contributed by atoms with E-state index in [1.54, 1.807) is 18.3 Å². The molecule has 1 heterocycles. The van der Waals surface area contributed by atoms with E-state index in [0.29, 0.717) is 18.4 Å². The molecule has 1 unspecified atom stereocenters. The topological polar surface area (TPSA) is 85.4 Å². The highest BCUT2D eigenvalue weighted by Crippen LogP contribution is 2.29. The summed E-state index contributed by atoms with van der Waals surface area (Å²) in [5.41, 5.74) is 6.26. The van der Waals surface area contributed by atoms with E-state index in [9.17, 15) is 4.79 Å². The van der Waals surface area contributed by atoms with Crippen LogP contribution in [0, 0.1) is 5.92 Å². The normalized spacial score (nSPS) is 16.5. The lowest BCUT2D eigenvalue weighted by Gasteiger charge is -2.11. The second-order valence-electron chi connectivity index (χ2n) is 4.37. The Morgan fingerprint density at radius 3 is 3.06 bits per heavy atom. The van der Waals surface area contributed by atoms with Crippen LogP contribution in [0.15, 0.2) is 18.3 Å². The van der Waals surface area contributed by atoms with Crippen molar-refractivity contribution in [3.63, 3.8) is 0 Å². The molecule has 1 aliphatic rings. The van der Waals surface area contributed by atoms with Crippen molar-refractivity contribution < 1.29 is 14.6 Å². The third-order valence-electron chi connectivity index (χ3n) is 2.76. The lowest BCUT2D eigenvalue weighted by molar-refractivity contribution is -0.138. The summed E-state index contributed by atoms with van der Waals surface area (Å²) in [5.74, 6) is 0.135. The number of carboxylic acids is 1. The smallest absolute Gasteiger partial charge is 0.320 e. The van der Waals surface area contributed by atoms with Gasteiger partial charge in [0.2, 0.25) is 5.88 Å². The van der Waals surface area contributed by atoms with Gasteiger partial charge in [0.25, 0.3) is 0 Å². The Hall–Kier alpha value is -1.62. The van der Waals surface area contributed by atoms with Crippen molar-refractivity contribution in [3.05, 3.63) is 23.9 Å². The Labute approximate surface area is 99.6 Å². The van der Waals surface area contributed by atoms with Crippen LogP contribution in [0.2, 0.25) is 0 Å². The van der Waals surface area contributed by atoms with E-state index in [1.807, 2.05) is 0 Å². The van der Waals surface area contributed by atoms with Crippen molar-refractivity contribution in [2.75, 3.05) is 6.61 Å². The molecule has 0 amide bonds. The van der Waals surface area contributed by atoms with Crippen LogP contribution in [0.25, 0.3) is 0 Å². The number of aromatic nitrogens is 1. The molecule has 1 aromatic rings. The predicted molar refractivity (Wildman–Crippen MR) is 61.8 cm³/mol. The Balaban J connectivity index is 2.00. The molecule has 0 aliphatic heterocycles. The molecule has 5 nitrogen and oxygen atoms in total. The van der Waals surface area contributed by atoms with E-state index in [4.69, 9.17) is 15.6 Å². The Bertz CT molecular complexity index is 404. The molecule has 0 aromatic carbocycles. The maximum absolute atomic E-state index is 10.7. The fourth-order valence-electron chi connectivity index (χ4n) is 1.51. The summed E-state index contributed by atoms with van der Waals surface area (Å²) in [6.45, 7) is 0.659. The fourth-order valence-corrected chi connectivity index (χ4v) is 1.51. The van der Waals surface area contributed by atoms with Crippen LogP contribution in [-0.4, -0.2) is 28.7 Å². The van der Waals surface area contributed by atoms with E-state index in [2.05, 4.69) is 4.98 Å². The van der Waals surface area contributed by atoms with E-state index < -0.39 is 12.0 Å². The maximum atomic E-state index is 10.7. The maximum Gasteiger partial charge on any atom is 0.320 e. The van der Waals surface area contributed by atoms with Crippen LogP contribution < -0.4 is 10.5 Å². The van der Waals surface area contributed by atoms with Gasteiger partial charge in [-0.3, -0.25) is 4.79 Å². The molecule has 17 heavy (non-hydrogen) atoms. The quantitative estimate of drug-likeness (QED) is 0.764. The van der Waals surface area contributed by atoms with Crippen molar-refractivity contribution in [1.82, 2.24) is 4.98 Å². The predicted octanol–water partition coefficient (Wildman–Crippen LogP) is 0.825. The molecular weight excluding hydrogens is 220 g/mol. The summed E-state index contributed by atoms with van der Waals surface area (Å²) in [5, 5.41) is 8.78. The molecule has 0 bridgehead atoms. The molecule has 92 valence electrons. The van der Waals surface area contributed by atoms with Gasteiger partial charge in [-0.1, -0.05) is 6.07 Å². The molecular formula is C12H16N2O3. The van der Waals surface area contributed by atoms with Crippen LogP contribution in [0.1, 0.15) is 18.4 Å². The van der Waals surface area contributed by atoms with Gasteiger partial charge in [-0.2, -0.15) is 0 Å². The molecule has 3 N–H and O–H groups in total. The lowest BCUT2D eigenvalue weighted by atomic mass is 10.1. The number of hydrogen-bond acceptors (Lipinski definition) is 4. The van der Waals surface area contributed by atoms with Crippen molar-refractivity contribution >= 4 is 5.97 Å². The van der Waals surface area contributed by atoms with Crippen molar-refractivity contribution in [2.24, 2.45) is 11.7 Å². The van der Waals surface area contributed by atoms with Gasteiger partial charge in [-0.05, 0) is 24.8 Å². The first-order valence-corrected chi connectivity index (χ1v) is 5.72. The highest BCUT2D eigenvalue weighted by Gasteiger charge is 2.23. The van der Waals surface area contributed by atoms with Gasteiger partial charge >= 0.3 is 5.97 Å². The third-order valence-corrected chi connectivity index (χ3v) is 2.76. The molecule has 0 spiro atoms. The number of nitrogens with zero attached hydrogens (tertiary/aromatic N) is 1. The molecule has 1 atom stereocenters. The van der Waals surface area contributed by atoms with Gasteiger partial charge in [0.1, 0.15) is 6.04 Å². The van der Waals surface area contributed by atoms with Crippen LogP contribution >= 0.6 is 0 Å². The number of hydrogen-bond donors (Lipinski definition) is 2. The van der Waals surface area contributed by atoms with Crippen molar-refractivity contribution in [1.29, 1.82) is 0 Å². The summed E-state index contributed by atoms with van der Waals surface area (Å²) in [4.78, 5) is 14.8. The van der Waals surface area contributed by atoms with Crippen molar-refractivity contribution in [3.8, 4) is 5.88 Å². The molecule has 1 fully saturated rings. The number of nitrogens with two attached hydrogens (primary N) is 1. The van der Waals surface area contributed by atoms with Gasteiger partial charge in [0, 0.05) is 18.2 Å². The number of rotatable bonds is 6. The minimum Gasteiger partial charge on any atom is -0.480 e. The minimum atomic E-state index is -1.01. The van der Waals surface area contributed by atoms with E-state index >= 15 is 0 Å². The van der Waals surface area contributed by atoms with Crippen LogP contribution in [0.3, 0.4) is 0 Å². The van der Waals surface area contributed by atoms with Crippen LogP contribution in [-0.2, 0) is 11.2 Å². The number of carbonyl (C=O) groups is 1. The molecule has 0 saturated heterocycles. The highest BCUT2D eigenvalue weighted by atomic mass is 16.5. The first-order chi connectivity index (χ1) is 8.16. The Morgan fingerprint density at radius 2 is 2.41 bits per heavy atom. The minimum absolute atomic E-state index is 0.239. The molecule has 1 saturated carbocycles. The molecule has 2 rings (SSSR count). The van der Waals surface area contributed by atoms with Gasteiger partial charge in [0.05, 0.1) is 6.61 Å². The average molecular weight is 236 g/mol. The number of pyridine rings is 1. The molecule has 0 radical (unpaired) electrons. The van der Waals surface area contributed by atoms with Crippen molar-refractivity contribution in [2.45, 2.75) is 25.3 Å². The lowest BCUT2D eigenvalue weighted by Crippen LogP contribution is -2.32. The summed E-state index contributed by atoms with van der Waals surface area (Å²) in [7, 11) is 0. The largest absolute Gasteiger partial charge is 0.480 e. The zero-order chi connectivity index (χ0) is 12.3. The first-order valence-electron chi connectivity index (χ1n) is 5.72. The molecule has 5 heteroatoms. The first kappa shape index (κ1) is 11.9. The number of ether oxygens (including phenoxy) is 1. The molecule has 1 aromatic heterocycles. The standard InChI is InChI=1S/C12H16N2O3/c13-10(12(15)16)6-9-2-1-5-14-11(9)17-7-8-3-4-8/h1-2,5,8,10H,3-4,6-7,13H2,(H,15,16). The molecule has 1 aliphatic carbocycles. The highest BCUT2D eigenvalue weighted by molar-refractivity contribution is 5.73. The number of aliphatic carboxylic acids is 1. The summed E-state index contributed by atoms with van der Waals surface area (Å²) in [6, 6.07) is 2.65. The van der Waals surface area contributed by atoms with Gasteiger partial charge in [-0.15, -0.1) is 0 Å². The second-order valence-corrected chi connectivity index (χ2v) is 4.37. The zero-order valence-electron chi connectivity index (χ0n) is 9.50. The monoisotopic (exact) mass is 236 g/mol. The van der Waals surface area contributed by atoms with Crippen LogP contribution in [0.4, 0.5) is 0 Å². The summed E-state index contributed by atoms with van der Waals surface area (Å²) >= 11 is 0. The SMILES string of the molecule is NC(Cc1cccnc1OCC1CC1)C(=O)O. The third kappa shape index (κ3) is 3.42. The fraction of sp³-hybridized carbons (Fsp3) is 0.500.